The quantitative estimate of drug-likeness (QED) is 0.364. The van der Waals surface area contributed by atoms with E-state index in [1.165, 1.54) is 0 Å². The number of nitro groups is 1. The molecule has 1 heterocycles. The van der Waals surface area contributed by atoms with Crippen LogP contribution in [0.2, 0.25) is 0 Å². The van der Waals surface area contributed by atoms with Crippen LogP contribution in [0.4, 0.5) is 5.82 Å². The number of hydrogen-bond acceptors (Lipinski definition) is 4. The summed E-state index contributed by atoms with van der Waals surface area (Å²) in [5, 5.41) is 14.4. The van der Waals surface area contributed by atoms with Gasteiger partial charge in [0.15, 0.2) is 0 Å². The Morgan fingerprint density at radius 1 is 1.44 bits per heavy atom. The Balaban J connectivity index is 2.37. The topological polar surface area (TPSA) is 61.0 Å². The minimum absolute atomic E-state index is 0.115. The molecule has 5 nitrogen and oxygen atoms in total. The third-order valence-corrected chi connectivity index (χ3v) is 3.04. The highest BCUT2D eigenvalue weighted by atomic mass is 79.9. The fourth-order valence-corrected chi connectivity index (χ4v) is 2.05. The van der Waals surface area contributed by atoms with Crippen LogP contribution in [0.3, 0.4) is 0 Å². The van der Waals surface area contributed by atoms with Gasteiger partial charge in [-0.2, -0.15) is 17.3 Å². The van der Waals surface area contributed by atoms with Gasteiger partial charge in [0.05, 0.1) is 17.8 Å². The molecule has 16 heavy (non-hydrogen) atoms. The average molecular weight is 308 g/mol. The average Bonchev–Trinajstić information content (AvgIpc) is 2.59. The van der Waals surface area contributed by atoms with Gasteiger partial charge in [-0.1, -0.05) is 12.8 Å². The van der Waals surface area contributed by atoms with Crippen LogP contribution in [-0.2, 0) is 6.54 Å². The summed E-state index contributed by atoms with van der Waals surface area (Å²) in [7, 11) is 0. The lowest BCUT2D eigenvalue weighted by Crippen LogP contribution is -1.99. The summed E-state index contributed by atoms with van der Waals surface area (Å²) in [6.07, 6.45) is 6.00. The largest absolute Gasteiger partial charge is 0.404 e. The SMILES string of the molecule is O=[N+]([O-])c1nn(CCCCCCS)cc1Br. The first-order chi connectivity index (χ1) is 7.65. The molecule has 7 heteroatoms. The van der Waals surface area contributed by atoms with Crippen LogP contribution < -0.4 is 0 Å². The number of nitrogens with zero attached hydrogens (tertiary/aromatic N) is 3. The van der Waals surface area contributed by atoms with Crippen molar-refractivity contribution in [2.45, 2.75) is 32.2 Å². The summed E-state index contributed by atoms with van der Waals surface area (Å²) in [4.78, 5) is 10.1. The van der Waals surface area contributed by atoms with Gasteiger partial charge in [-0.15, -0.1) is 0 Å². The second-order valence-electron chi connectivity index (χ2n) is 3.46. The van der Waals surface area contributed by atoms with Crippen LogP contribution in [0.15, 0.2) is 10.7 Å². The first kappa shape index (κ1) is 13.5. The molecule has 0 amide bonds. The van der Waals surface area contributed by atoms with Crippen molar-refractivity contribution in [1.82, 2.24) is 9.78 Å². The van der Waals surface area contributed by atoms with Crippen LogP contribution in [0.25, 0.3) is 0 Å². The predicted molar refractivity (Wildman–Crippen MR) is 68.9 cm³/mol. The molecule has 0 N–H and O–H groups in total. The number of unbranched alkanes of at least 4 members (excludes halogenated alkanes) is 3. The van der Waals surface area contributed by atoms with Crippen molar-refractivity contribution in [2.75, 3.05) is 5.75 Å². The van der Waals surface area contributed by atoms with Crippen LogP contribution in [0, 0.1) is 10.1 Å². The van der Waals surface area contributed by atoms with E-state index in [4.69, 9.17) is 0 Å². The first-order valence-electron chi connectivity index (χ1n) is 5.13. The molecule has 1 rings (SSSR count). The van der Waals surface area contributed by atoms with Crippen LogP contribution in [-0.4, -0.2) is 20.5 Å². The van der Waals surface area contributed by atoms with Crippen LogP contribution >= 0.6 is 28.6 Å². The van der Waals surface area contributed by atoms with Gasteiger partial charge in [-0.3, -0.25) is 0 Å². The standard InChI is InChI=1S/C9H14BrN3O2S/c10-8-7-12(11-9(8)13(14)15)5-3-1-2-4-6-16/h7,16H,1-6H2. The molecule has 0 saturated carbocycles. The van der Waals surface area contributed by atoms with Gasteiger partial charge in [0.25, 0.3) is 0 Å². The van der Waals surface area contributed by atoms with Crippen molar-refractivity contribution in [3.63, 3.8) is 0 Å². The van der Waals surface area contributed by atoms with Crippen LogP contribution in [0.1, 0.15) is 25.7 Å². The number of aromatic nitrogens is 2. The number of thiol groups is 1. The van der Waals surface area contributed by atoms with Gasteiger partial charge >= 0.3 is 5.82 Å². The zero-order chi connectivity index (χ0) is 12.0. The summed E-state index contributed by atoms with van der Waals surface area (Å²) >= 11 is 7.25. The molecule has 0 atom stereocenters. The van der Waals surface area contributed by atoms with Gasteiger partial charge in [-0.25, -0.2) is 0 Å². The molecular formula is C9H14BrN3O2S. The molecule has 0 aliphatic carbocycles. The van der Waals surface area contributed by atoms with Crippen molar-refractivity contribution in [2.24, 2.45) is 0 Å². The molecule has 0 aliphatic heterocycles. The monoisotopic (exact) mass is 307 g/mol. The Labute approximate surface area is 108 Å². The third kappa shape index (κ3) is 4.13. The third-order valence-electron chi connectivity index (χ3n) is 2.17. The first-order valence-corrected chi connectivity index (χ1v) is 6.56. The van der Waals surface area contributed by atoms with Crippen molar-refractivity contribution >= 4 is 34.4 Å². The molecule has 0 bridgehead atoms. The van der Waals surface area contributed by atoms with Gasteiger partial charge in [0.2, 0.25) is 0 Å². The minimum Gasteiger partial charge on any atom is -0.358 e. The summed E-state index contributed by atoms with van der Waals surface area (Å²) in [5.41, 5.74) is 0. The fourth-order valence-electron chi connectivity index (χ4n) is 1.36. The smallest absolute Gasteiger partial charge is 0.358 e. The Hall–Kier alpha value is -0.560. The maximum Gasteiger partial charge on any atom is 0.404 e. The van der Waals surface area contributed by atoms with Crippen molar-refractivity contribution in [1.29, 1.82) is 0 Å². The Morgan fingerprint density at radius 2 is 2.12 bits per heavy atom. The normalized spacial score (nSPS) is 10.6. The number of rotatable bonds is 7. The van der Waals surface area contributed by atoms with Crippen molar-refractivity contribution in [3.05, 3.63) is 20.8 Å². The van der Waals surface area contributed by atoms with Crippen molar-refractivity contribution < 1.29 is 4.92 Å². The lowest BCUT2D eigenvalue weighted by molar-refractivity contribution is -0.390. The Kier molecular flexibility index (Phi) is 5.83. The number of aryl methyl sites for hydroxylation is 1. The van der Waals surface area contributed by atoms with Gasteiger partial charge in [0.1, 0.15) is 4.47 Å². The molecular weight excluding hydrogens is 294 g/mol. The molecule has 1 aromatic rings. The van der Waals surface area contributed by atoms with Crippen LogP contribution in [0.5, 0.6) is 0 Å². The molecule has 0 aliphatic rings. The molecule has 0 radical (unpaired) electrons. The van der Waals surface area contributed by atoms with E-state index < -0.39 is 4.92 Å². The van der Waals surface area contributed by atoms with E-state index >= 15 is 0 Å². The minimum atomic E-state index is -0.485. The zero-order valence-corrected chi connectivity index (χ0v) is 11.3. The fraction of sp³-hybridized carbons (Fsp3) is 0.667. The second kappa shape index (κ2) is 6.90. The molecule has 90 valence electrons. The lowest BCUT2D eigenvalue weighted by atomic mass is 10.2. The summed E-state index contributed by atoms with van der Waals surface area (Å²) in [6.45, 7) is 0.721. The molecule has 0 spiro atoms. The highest BCUT2D eigenvalue weighted by Gasteiger charge is 2.17. The zero-order valence-electron chi connectivity index (χ0n) is 8.80. The molecule has 0 fully saturated rings. The van der Waals surface area contributed by atoms with E-state index in [1.54, 1.807) is 10.9 Å². The summed E-state index contributed by atoms with van der Waals surface area (Å²) in [5.74, 6) is 0.800. The van der Waals surface area contributed by atoms with E-state index in [0.717, 1.165) is 38.0 Å². The Bertz CT molecular complexity index is 357. The maximum atomic E-state index is 10.5. The second-order valence-corrected chi connectivity index (χ2v) is 4.76. The van der Waals surface area contributed by atoms with Gasteiger partial charge in [0, 0.05) is 0 Å². The van der Waals surface area contributed by atoms with E-state index in [-0.39, 0.29) is 5.82 Å². The van der Waals surface area contributed by atoms with E-state index in [1.807, 2.05) is 0 Å². The Morgan fingerprint density at radius 3 is 2.69 bits per heavy atom. The van der Waals surface area contributed by atoms with E-state index in [0.29, 0.717) is 4.47 Å². The number of halogens is 1. The molecule has 0 unspecified atom stereocenters. The summed E-state index contributed by atoms with van der Waals surface area (Å²) in [6, 6.07) is 0. The summed E-state index contributed by atoms with van der Waals surface area (Å²) < 4.78 is 2.05. The van der Waals surface area contributed by atoms with Crippen molar-refractivity contribution in [3.8, 4) is 0 Å². The molecule has 0 aromatic carbocycles. The molecule has 0 saturated heterocycles. The molecule has 1 aromatic heterocycles. The predicted octanol–water partition coefficient (Wildman–Crippen LogP) is 3.04. The van der Waals surface area contributed by atoms with Gasteiger partial charge in [-0.05, 0) is 39.4 Å². The van der Waals surface area contributed by atoms with Gasteiger partial charge < -0.3 is 10.1 Å². The lowest BCUT2D eigenvalue weighted by Gasteiger charge is -1.97. The highest BCUT2D eigenvalue weighted by molar-refractivity contribution is 9.10. The highest BCUT2D eigenvalue weighted by Crippen LogP contribution is 2.22. The number of hydrogen-bond donors (Lipinski definition) is 1. The van der Waals surface area contributed by atoms with E-state index in [9.17, 15) is 10.1 Å². The van der Waals surface area contributed by atoms with E-state index in [2.05, 4.69) is 33.7 Å². The maximum absolute atomic E-state index is 10.5.